The van der Waals surface area contributed by atoms with Crippen molar-refractivity contribution in [2.45, 2.75) is 6.42 Å². The second kappa shape index (κ2) is 9.23. The van der Waals surface area contributed by atoms with Crippen molar-refractivity contribution in [2.75, 3.05) is 25.1 Å². The van der Waals surface area contributed by atoms with Crippen LogP contribution >= 0.6 is 11.6 Å². The van der Waals surface area contributed by atoms with Crippen molar-refractivity contribution in [1.82, 2.24) is 0 Å². The quantitative estimate of drug-likeness (QED) is 0.604. The van der Waals surface area contributed by atoms with Crippen LogP contribution in [0.25, 0.3) is 6.08 Å². The van der Waals surface area contributed by atoms with Gasteiger partial charge in [-0.25, -0.2) is 9.18 Å². The molecule has 1 amide bonds. The number of nitrogens with one attached hydrogen (secondary N) is 1. The summed E-state index contributed by atoms with van der Waals surface area (Å²) < 4.78 is 29.1. The Balaban J connectivity index is 1.50. The summed E-state index contributed by atoms with van der Waals surface area (Å²) in [6.45, 7) is 0.677. The molecule has 0 atom stereocenters. The average molecular weight is 406 g/mol. The van der Waals surface area contributed by atoms with E-state index >= 15 is 0 Å². The van der Waals surface area contributed by atoms with Crippen molar-refractivity contribution in [3.8, 4) is 11.5 Å². The molecule has 1 aliphatic rings. The van der Waals surface area contributed by atoms with Crippen LogP contribution in [0.4, 0.5) is 10.1 Å². The molecule has 0 aliphatic carbocycles. The molecular formula is C20H17ClFNO5. The van der Waals surface area contributed by atoms with Gasteiger partial charge in [-0.3, -0.25) is 4.79 Å². The summed E-state index contributed by atoms with van der Waals surface area (Å²) in [5.74, 6) is -0.564. The van der Waals surface area contributed by atoms with Crippen molar-refractivity contribution >= 4 is 35.2 Å². The van der Waals surface area contributed by atoms with Crippen LogP contribution in [0, 0.1) is 5.82 Å². The summed E-state index contributed by atoms with van der Waals surface area (Å²) >= 11 is 5.64. The lowest BCUT2D eigenvalue weighted by Crippen LogP contribution is -2.20. The molecule has 3 rings (SSSR count). The first-order valence-corrected chi connectivity index (χ1v) is 8.88. The van der Waals surface area contributed by atoms with Gasteiger partial charge in [0.15, 0.2) is 18.1 Å². The highest BCUT2D eigenvalue weighted by Gasteiger charge is 2.10. The second-order valence-corrected chi connectivity index (χ2v) is 6.28. The van der Waals surface area contributed by atoms with Crippen molar-refractivity contribution in [2.24, 2.45) is 0 Å². The number of fused-ring (bicyclic) bond motifs is 1. The molecule has 1 aliphatic heterocycles. The van der Waals surface area contributed by atoms with Crippen LogP contribution in [-0.4, -0.2) is 31.7 Å². The largest absolute Gasteiger partial charge is 0.490 e. The number of halogens is 2. The molecule has 0 spiro atoms. The van der Waals surface area contributed by atoms with Gasteiger partial charge in [-0.2, -0.15) is 0 Å². The summed E-state index contributed by atoms with van der Waals surface area (Å²) in [6.07, 6.45) is 3.56. The predicted molar refractivity (Wildman–Crippen MR) is 102 cm³/mol. The molecular weight excluding hydrogens is 389 g/mol. The van der Waals surface area contributed by atoms with Gasteiger partial charge in [0.2, 0.25) is 0 Å². The Morgan fingerprint density at radius 2 is 1.93 bits per heavy atom. The van der Waals surface area contributed by atoms with Crippen LogP contribution in [0.2, 0.25) is 5.02 Å². The highest BCUT2D eigenvalue weighted by molar-refractivity contribution is 6.31. The standard InChI is InChI=1S/C20H17ClFNO5/c21-15-11-14(4-5-16(15)22)23-19(24)12-28-20(25)7-3-13-2-6-17-18(10-13)27-9-1-8-26-17/h2-7,10-11H,1,8-9,12H2,(H,23,24)/b7-3+. The molecule has 0 saturated heterocycles. The Morgan fingerprint density at radius 3 is 2.71 bits per heavy atom. The van der Waals surface area contributed by atoms with E-state index in [1.165, 1.54) is 18.2 Å². The number of hydrogen-bond acceptors (Lipinski definition) is 5. The number of carbonyl (C=O) groups is 2. The first-order chi connectivity index (χ1) is 13.5. The van der Waals surface area contributed by atoms with E-state index in [1.54, 1.807) is 24.3 Å². The maximum Gasteiger partial charge on any atom is 0.331 e. The molecule has 1 heterocycles. The molecule has 1 N–H and O–H groups in total. The lowest BCUT2D eigenvalue weighted by atomic mass is 10.2. The van der Waals surface area contributed by atoms with Gasteiger partial charge in [-0.1, -0.05) is 17.7 Å². The molecule has 0 radical (unpaired) electrons. The molecule has 0 aromatic heterocycles. The van der Waals surface area contributed by atoms with Crippen LogP contribution in [-0.2, 0) is 14.3 Å². The van der Waals surface area contributed by atoms with Crippen molar-refractivity contribution < 1.29 is 28.2 Å². The van der Waals surface area contributed by atoms with E-state index in [4.69, 9.17) is 25.8 Å². The number of esters is 1. The molecule has 0 bridgehead atoms. The molecule has 28 heavy (non-hydrogen) atoms. The third-order valence-electron chi connectivity index (χ3n) is 3.73. The number of ether oxygens (including phenoxy) is 3. The van der Waals surface area contributed by atoms with E-state index < -0.39 is 24.3 Å². The molecule has 8 heteroatoms. The number of rotatable bonds is 5. The summed E-state index contributed by atoms with van der Waals surface area (Å²) in [7, 11) is 0. The van der Waals surface area contributed by atoms with Gasteiger partial charge >= 0.3 is 5.97 Å². The Kier molecular flexibility index (Phi) is 6.49. The Bertz CT molecular complexity index is 915. The zero-order valence-electron chi connectivity index (χ0n) is 14.7. The highest BCUT2D eigenvalue weighted by Crippen LogP contribution is 2.30. The minimum absolute atomic E-state index is 0.118. The highest BCUT2D eigenvalue weighted by atomic mass is 35.5. The van der Waals surface area contributed by atoms with Crippen LogP contribution in [0.15, 0.2) is 42.5 Å². The Labute approximate surface area is 165 Å². The maximum atomic E-state index is 13.1. The summed E-state index contributed by atoms with van der Waals surface area (Å²) in [6, 6.07) is 9.05. The number of hydrogen-bond donors (Lipinski definition) is 1. The molecule has 146 valence electrons. The SMILES string of the molecule is O=C(COC(=O)/C=C/c1ccc2c(c1)OCCCO2)Nc1ccc(F)c(Cl)c1. The molecule has 0 saturated carbocycles. The van der Waals surface area contributed by atoms with Gasteiger partial charge < -0.3 is 19.5 Å². The van der Waals surface area contributed by atoms with Gasteiger partial charge in [0.25, 0.3) is 5.91 Å². The number of anilines is 1. The van der Waals surface area contributed by atoms with E-state index in [0.29, 0.717) is 30.4 Å². The number of amides is 1. The third-order valence-corrected chi connectivity index (χ3v) is 4.02. The van der Waals surface area contributed by atoms with E-state index in [1.807, 2.05) is 0 Å². The topological polar surface area (TPSA) is 73.9 Å². The first kappa shape index (κ1) is 19.7. The number of benzene rings is 2. The van der Waals surface area contributed by atoms with E-state index in [0.717, 1.165) is 18.1 Å². The molecule has 0 fully saturated rings. The van der Waals surface area contributed by atoms with Crippen molar-refractivity contribution in [3.63, 3.8) is 0 Å². The fraction of sp³-hybridized carbons (Fsp3) is 0.200. The molecule has 2 aromatic rings. The van der Waals surface area contributed by atoms with Gasteiger partial charge in [-0.15, -0.1) is 0 Å². The Hall–Kier alpha value is -3.06. The normalized spacial score (nSPS) is 13.1. The van der Waals surface area contributed by atoms with E-state index in [-0.39, 0.29) is 5.02 Å². The minimum Gasteiger partial charge on any atom is -0.490 e. The second-order valence-electron chi connectivity index (χ2n) is 5.87. The predicted octanol–water partition coefficient (Wildman–Crippen LogP) is 3.84. The lowest BCUT2D eigenvalue weighted by Gasteiger charge is -2.07. The summed E-state index contributed by atoms with van der Waals surface area (Å²) in [5, 5.41) is 2.34. The lowest BCUT2D eigenvalue weighted by molar-refractivity contribution is -0.142. The fourth-order valence-corrected chi connectivity index (χ4v) is 2.58. The Morgan fingerprint density at radius 1 is 1.14 bits per heavy atom. The van der Waals surface area contributed by atoms with Crippen LogP contribution in [0.5, 0.6) is 11.5 Å². The smallest absolute Gasteiger partial charge is 0.331 e. The summed E-state index contributed by atoms with van der Waals surface area (Å²) in [4.78, 5) is 23.6. The van der Waals surface area contributed by atoms with Crippen molar-refractivity contribution in [3.05, 3.63) is 58.9 Å². The third kappa shape index (κ3) is 5.47. The average Bonchev–Trinajstić information content (AvgIpc) is 2.92. The molecule has 2 aromatic carbocycles. The van der Waals surface area contributed by atoms with Gasteiger partial charge in [0, 0.05) is 18.2 Å². The summed E-state index contributed by atoms with van der Waals surface area (Å²) in [5.41, 5.74) is 1.03. The van der Waals surface area contributed by atoms with Gasteiger partial charge in [0.1, 0.15) is 5.82 Å². The van der Waals surface area contributed by atoms with Crippen LogP contribution < -0.4 is 14.8 Å². The first-order valence-electron chi connectivity index (χ1n) is 8.50. The van der Waals surface area contributed by atoms with Crippen LogP contribution in [0.3, 0.4) is 0 Å². The minimum atomic E-state index is -0.681. The van der Waals surface area contributed by atoms with E-state index in [2.05, 4.69) is 5.32 Å². The van der Waals surface area contributed by atoms with Gasteiger partial charge in [-0.05, 0) is 42.0 Å². The zero-order valence-corrected chi connectivity index (χ0v) is 15.5. The van der Waals surface area contributed by atoms with Crippen molar-refractivity contribution in [1.29, 1.82) is 0 Å². The monoisotopic (exact) mass is 405 g/mol. The zero-order chi connectivity index (χ0) is 19.9. The molecule has 0 unspecified atom stereocenters. The van der Waals surface area contributed by atoms with Crippen LogP contribution in [0.1, 0.15) is 12.0 Å². The molecule has 6 nitrogen and oxygen atoms in total. The van der Waals surface area contributed by atoms with E-state index in [9.17, 15) is 14.0 Å². The van der Waals surface area contributed by atoms with Gasteiger partial charge in [0.05, 0.1) is 18.2 Å². The fourth-order valence-electron chi connectivity index (χ4n) is 2.40. The number of carbonyl (C=O) groups excluding carboxylic acids is 2. The maximum absolute atomic E-state index is 13.1.